The summed E-state index contributed by atoms with van der Waals surface area (Å²) in [5, 5.41) is 8.23. The first-order chi connectivity index (χ1) is 10.0. The van der Waals surface area contributed by atoms with Gasteiger partial charge in [0.25, 0.3) is 5.91 Å². The highest BCUT2D eigenvalue weighted by Gasteiger charge is 2.11. The van der Waals surface area contributed by atoms with Gasteiger partial charge >= 0.3 is 0 Å². The minimum Gasteiger partial charge on any atom is -0.321 e. The molecule has 0 saturated heterocycles. The number of nitrogens with zero attached hydrogens (tertiary/aromatic N) is 3. The third kappa shape index (κ3) is 2.60. The van der Waals surface area contributed by atoms with Gasteiger partial charge in [0.2, 0.25) is 0 Å². The number of pyridine rings is 1. The number of carbonyl (C=O) groups is 1. The van der Waals surface area contributed by atoms with Gasteiger partial charge in [-0.2, -0.15) is 5.10 Å². The van der Waals surface area contributed by atoms with Gasteiger partial charge in [-0.3, -0.25) is 9.48 Å². The van der Waals surface area contributed by atoms with Crippen LogP contribution in [-0.2, 0) is 7.05 Å². The van der Waals surface area contributed by atoms with Gasteiger partial charge < -0.3 is 5.32 Å². The fraction of sp³-hybridized carbons (Fsp3) is 0.133. The molecular formula is C15H13ClN4O. The third-order valence-electron chi connectivity index (χ3n) is 3.20. The zero-order chi connectivity index (χ0) is 15.0. The van der Waals surface area contributed by atoms with Gasteiger partial charge in [0.05, 0.1) is 22.5 Å². The van der Waals surface area contributed by atoms with Crippen LogP contribution in [0.5, 0.6) is 0 Å². The lowest BCUT2D eigenvalue weighted by Gasteiger charge is -2.08. The number of halogens is 1. The smallest absolute Gasteiger partial charge is 0.257 e. The molecule has 2 heterocycles. The third-order valence-corrected chi connectivity index (χ3v) is 3.53. The number of hydrogen-bond donors (Lipinski definition) is 1. The fourth-order valence-electron chi connectivity index (χ4n) is 2.10. The number of nitrogens with one attached hydrogen (secondary N) is 1. The van der Waals surface area contributed by atoms with E-state index in [0.717, 1.165) is 16.6 Å². The molecule has 0 saturated carbocycles. The zero-order valence-corrected chi connectivity index (χ0v) is 12.3. The number of aryl methyl sites for hydroxylation is 2. The van der Waals surface area contributed by atoms with E-state index < -0.39 is 0 Å². The van der Waals surface area contributed by atoms with Gasteiger partial charge in [-0.05, 0) is 30.7 Å². The molecule has 1 amide bonds. The first kappa shape index (κ1) is 13.6. The maximum Gasteiger partial charge on any atom is 0.257 e. The van der Waals surface area contributed by atoms with Gasteiger partial charge in [-0.15, -0.1) is 0 Å². The van der Waals surface area contributed by atoms with Crippen LogP contribution < -0.4 is 5.32 Å². The molecule has 0 aliphatic heterocycles. The highest BCUT2D eigenvalue weighted by Crippen LogP contribution is 2.23. The monoisotopic (exact) mass is 300 g/mol. The van der Waals surface area contributed by atoms with Crippen LogP contribution in [0, 0.1) is 6.92 Å². The van der Waals surface area contributed by atoms with E-state index in [0.29, 0.717) is 16.3 Å². The zero-order valence-electron chi connectivity index (χ0n) is 11.6. The summed E-state index contributed by atoms with van der Waals surface area (Å²) in [5.74, 6) is -0.249. The molecule has 3 rings (SSSR count). The summed E-state index contributed by atoms with van der Waals surface area (Å²) >= 11 is 6.08. The first-order valence-corrected chi connectivity index (χ1v) is 6.77. The Kier molecular flexibility index (Phi) is 3.35. The van der Waals surface area contributed by atoms with Gasteiger partial charge in [0, 0.05) is 18.6 Å². The molecule has 5 nitrogen and oxygen atoms in total. The molecule has 106 valence electrons. The van der Waals surface area contributed by atoms with Crippen molar-refractivity contribution in [2.24, 2.45) is 7.05 Å². The molecule has 0 spiro atoms. The van der Waals surface area contributed by atoms with Crippen LogP contribution in [0.15, 0.2) is 36.7 Å². The Morgan fingerprint density at radius 2 is 2.10 bits per heavy atom. The number of amides is 1. The average molecular weight is 301 g/mol. The second-order valence-electron chi connectivity index (χ2n) is 4.84. The minimum atomic E-state index is -0.249. The number of aromatic nitrogens is 3. The fourth-order valence-corrected chi connectivity index (χ4v) is 2.26. The largest absolute Gasteiger partial charge is 0.321 e. The molecule has 1 aromatic carbocycles. The van der Waals surface area contributed by atoms with Gasteiger partial charge in [0.15, 0.2) is 5.65 Å². The summed E-state index contributed by atoms with van der Waals surface area (Å²) in [7, 11) is 1.81. The molecule has 1 N–H and O–H groups in total. The van der Waals surface area contributed by atoms with Crippen molar-refractivity contribution in [1.29, 1.82) is 0 Å². The van der Waals surface area contributed by atoms with Crippen molar-refractivity contribution >= 4 is 34.2 Å². The summed E-state index contributed by atoms with van der Waals surface area (Å²) in [5.41, 5.74) is 2.82. The van der Waals surface area contributed by atoms with E-state index >= 15 is 0 Å². The Balaban J connectivity index is 1.91. The van der Waals surface area contributed by atoms with Crippen molar-refractivity contribution < 1.29 is 4.79 Å². The van der Waals surface area contributed by atoms with Gasteiger partial charge in [0.1, 0.15) is 0 Å². The Morgan fingerprint density at radius 1 is 1.29 bits per heavy atom. The topological polar surface area (TPSA) is 59.8 Å². The second-order valence-corrected chi connectivity index (χ2v) is 5.25. The van der Waals surface area contributed by atoms with E-state index in [9.17, 15) is 4.79 Å². The lowest BCUT2D eigenvalue weighted by atomic mass is 10.2. The molecule has 0 aliphatic rings. The van der Waals surface area contributed by atoms with Gasteiger partial charge in [-0.1, -0.05) is 17.7 Å². The van der Waals surface area contributed by atoms with Crippen molar-refractivity contribution in [1.82, 2.24) is 14.8 Å². The molecule has 0 fully saturated rings. The lowest BCUT2D eigenvalue weighted by molar-refractivity contribution is 0.102. The van der Waals surface area contributed by atoms with Crippen molar-refractivity contribution in [3.05, 3.63) is 52.8 Å². The molecular weight excluding hydrogens is 288 g/mol. The Bertz CT molecular complexity index is 841. The number of fused-ring (bicyclic) bond motifs is 1. The Labute approximate surface area is 126 Å². The summed E-state index contributed by atoms with van der Waals surface area (Å²) in [6.07, 6.45) is 3.21. The summed E-state index contributed by atoms with van der Waals surface area (Å²) in [6, 6.07) is 7.24. The molecule has 3 aromatic rings. The van der Waals surface area contributed by atoms with Crippen LogP contribution in [0.3, 0.4) is 0 Å². The second kappa shape index (κ2) is 5.18. The molecule has 0 bridgehead atoms. The maximum absolute atomic E-state index is 12.3. The molecule has 0 aliphatic carbocycles. The lowest BCUT2D eigenvalue weighted by Crippen LogP contribution is -2.12. The number of benzene rings is 1. The normalized spacial score (nSPS) is 10.8. The van der Waals surface area contributed by atoms with Crippen LogP contribution >= 0.6 is 11.6 Å². The van der Waals surface area contributed by atoms with E-state index in [1.807, 2.05) is 26.1 Å². The van der Waals surface area contributed by atoms with Gasteiger partial charge in [-0.25, -0.2) is 4.98 Å². The highest BCUT2D eigenvalue weighted by atomic mass is 35.5. The quantitative estimate of drug-likeness (QED) is 0.790. The number of carbonyl (C=O) groups excluding carboxylic acids is 1. The first-order valence-electron chi connectivity index (χ1n) is 6.40. The van der Waals surface area contributed by atoms with Crippen LogP contribution in [0.4, 0.5) is 5.69 Å². The average Bonchev–Trinajstić information content (AvgIpc) is 2.84. The summed E-state index contributed by atoms with van der Waals surface area (Å²) in [6.45, 7) is 1.94. The highest BCUT2D eigenvalue weighted by molar-refractivity contribution is 6.34. The Hall–Kier alpha value is -2.40. The molecule has 0 unspecified atom stereocenters. The predicted octanol–water partition coefficient (Wildman–Crippen LogP) is 3.18. The SMILES string of the molecule is Cc1ccc(Cl)c(NC(=O)c2cnc3c(cnn3C)c2)c1. The van der Waals surface area contributed by atoms with Crippen molar-refractivity contribution in [2.75, 3.05) is 5.32 Å². The van der Waals surface area contributed by atoms with E-state index in [4.69, 9.17) is 11.6 Å². The molecule has 0 radical (unpaired) electrons. The number of hydrogen-bond acceptors (Lipinski definition) is 3. The van der Waals surface area contributed by atoms with Crippen LogP contribution in [0.25, 0.3) is 11.0 Å². The summed E-state index contributed by atoms with van der Waals surface area (Å²) in [4.78, 5) is 16.5. The van der Waals surface area contributed by atoms with Crippen molar-refractivity contribution in [3.8, 4) is 0 Å². The van der Waals surface area contributed by atoms with Crippen LogP contribution in [0.2, 0.25) is 5.02 Å². The number of anilines is 1. The van der Waals surface area contributed by atoms with Crippen molar-refractivity contribution in [3.63, 3.8) is 0 Å². The standard InChI is InChI=1S/C15H13ClN4O/c1-9-3-4-12(16)13(5-9)19-15(21)11-6-10-8-18-20(2)14(10)17-7-11/h3-8H,1-2H3,(H,19,21). The van der Waals surface area contributed by atoms with E-state index in [1.54, 1.807) is 23.0 Å². The van der Waals surface area contributed by atoms with Crippen LogP contribution in [-0.4, -0.2) is 20.7 Å². The molecule has 6 heteroatoms. The maximum atomic E-state index is 12.3. The molecule has 2 aromatic heterocycles. The van der Waals surface area contributed by atoms with Crippen LogP contribution in [0.1, 0.15) is 15.9 Å². The summed E-state index contributed by atoms with van der Waals surface area (Å²) < 4.78 is 1.66. The van der Waals surface area contributed by atoms with E-state index in [-0.39, 0.29) is 5.91 Å². The molecule has 0 atom stereocenters. The van der Waals surface area contributed by atoms with E-state index in [2.05, 4.69) is 15.4 Å². The van der Waals surface area contributed by atoms with Crippen molar-refractivity contribution in [2.45, 2.75) is 6.92 Å². The minimum absolute atomic E-state index is 0.249. The predicted molar refractivity (Wildman–Crippen MR) is 82.7 cm³/mol. The Morgan fingerprint density at radius 3 is 2.90 bits per heavy atom. The number of rotatable bonds is 2. The molecule has 21 heavy (non-hydrogen) atoms. The van der Waals surface area contributed by atoms with E-state index in [1.165, 1.54) is 6.20 Å².